The summed E-state index contributed by atoms with van der Waals surface area (Å²) >= 11 is 5.89. The maximum atomic E-state index is 13.4. The Morgan fingerprint density at radius 1 is 1.14 bits per heavy atom. The number of hydrogen-bond donors (Lipinski definition) is 2. The van der Waals surface area contributed by atoms with Gasteiger partial charge in [-0.05, 0) is 56.8 Å². The van der Waals surface area contributed by atoms with Crippen molar-refractivity contribution in [1.82, 2.24) is 19.9 Å². The number of hydrogen-bond acceptors (Lipinski definition) is 6. The van der Waals surface area contributed by atoms with Crippen molar-refractivity contribution in [3.8, 4) is 0 Å². The van der Waals surface area contributed by atoms with Crippen LogP contribution in [0.3, 0.4) is 0 Å². The van der Waals surface area contributed by atoms with Crippen LogP contribution in [0.15, 0.2) is 24.5 Å². The smallest absolute Gasteiger partial charge is 0.248 e. The molecule has 0 spiro atoms. The fourth-order valence-corrected chi connectivity index (χ4v) is 4.53. The van der Waals surface area contributed by atoms with E-state index in [-0.39, 0.29) is 18.9 Å². The van der Waals surface area contributed by atoms with Crippen LogP contribution in [0.5, 0.6) is 0 Å². The van der Waals surface area contributed by atoms with Gasteiger partial charge in [0.15, 0.2) is 0 Å². The normalized spacial score (nSPS) is 21.2. The van der Waals surface area contributed by atoms with E-state index in [1.165, 1.54) is 0 Å². The Balaban J connectivity index is 1.35. The number of alkyl halides is 2. The molecule has 6 nitrogen and oxygen atoms in total. The molecule has 4 rings (SSSR count). The average Bonchev–Trinajstić information content (AvgIpc) is 2.68. The van der Waals surface area contributed by atoms with Crippen LogP contribution in [-0.2, 0) is 0 Å². The Labute approximate surface area is 173 Å². The van der Waals surface area contributed by atoms with Crippen LogP contribution in [0.25, 0.3) is 0 Å². The van der Waals surface area contributed by atoms with Gasteiger partial charge in [0, 0.05) is 42.5 Å². The van der Waals surface area contributed by atoms with Gasteiger partial charge in [0.25, 0.3) is 0 Å². The van der Waals surface area contributed by atoms with Crippen LogP contribution in [0.1, 0.15) is 50.0 Å². The number of piperidine rings is 1. The molecule has 0 amide bonds. The molecule has 2 fully saturated rings. The third-order valence-corrected chi connectivity index (χ3v) is 6.21. The van der Waals surface area contributed by atoms with E-state index in [0.717, 1.165) is 37.2 Å². The number of nitrogens with one attached hydrogen (secondary N) is 1. The molecular formula is C20H25ClF2N6. The second-order valence-electron chi connectivity index (χ2n) is 7.92. The summed E-state index contributed by atoms with van der Waals surface area (Å²) in [6.45, 7) is 1.80. The molecule has 0 aromatic carbocycles. The predicted molar refractivity (Wildman–Crippen MR) is 110 cm³/mol. The van der Waals surface area contributed by atoms with Crippen molar-refractivity contribution in [2.45, 2.75) is 56.4 Å². The Morgan fingerprint density at radius 2 is 1.86 bits per heavy atom. The SMILES string of the molecule is Nc1nc(Nc2ccnc(Cl)c2)ncc1C1CCN(C2CCC(F)(F)CC2)CC1. The molecule has 2 aromatic heterocycles. The molecule has 3 N–H and O–H groups in total. The predicted octanol–water partition coefficient (Wildman–Crippen LogP) is 4.61. The molecule has 2 aromatic rings. The number of pyridine rings is 1. The van der Waals surface area contributed by atoms with Gasteiger partial charge in [0.1, 0.15) is 11.0 Å². The van der Waals surface area contributed by atoms with E-state index in [0.29, 0.717) is 35.7 Å². The Kier molecular flexibility index (Phi) is 5.83. The van der Waals surface area contributed by atoms with Crippen molar-refractivity contribution in [3.63, 3.8) is 0 Å². The van der Waals surface area contributed by atoms with E-state index in [1.54, 1.807) is 24.5 Å². The minimum atomic E-state index is -2.47. The first-order chi connectivity index (χ1) is 13.9. The van der Waals surface area contributed by atoms with E-state index >= 15 is 0 Å². The summed E-state index contributed by atoms with van der Waals surface area (Å²) in [5.74, 6) is -1.30. The molecule has 1 saturated carbocycles. The highest BCUT2D eigenvalue weighted by atomic mass is 35.5. The number of nitrogens with zero attached hydrogens (tertiary/aromatic N) is 4. The molecule has 0 unspecified atom stereocenters. The Bertz CT molecular complexity index is 847. The lowest BCUT2D eigenvalue weighted by molar-refractivity contribution is -0.0558. The zero-order valence-electron chi connectivity index (χ0n) is 16.1. The van der Waals surface area contributed by atoms with Gasteiger partial charge >= 0.3 is 0 Å². The van der Waals surface area contributed by atoms with Gasteiger partial charge in [0.05, 0.1) is 0 Å². The highest BCUT2D eigenvalue weighted by Gasteiger charge is 2.37. The summed E-state index contributed by atoms with van der Waals surface area (Å²) < 4.78 is 26.8. The topological polar surface area (TPSA) is 80.0 Å². The Morgan fingerprint density at radius 3 is 2.52 bits per heavy atom. The zero-order chi connectivity index (χ0) is 20.4. The highest BCUT2D eigenvalue weighted by molar-refractivity contribution is 6.29. The monoisotopic (exact) mass is 422 g/mol. The molecular weight excluding hydrogens is 398 g/mol. The van der Waals surface area contributed by atoms with Gasteiger partial charge in [-0.2, -0.15) is 4.98 Å². The second-order valence-corrected chi connectivity index (χ2v) is 8.31. The molecule has 0 atom stereocenters. The van der Waals surface area contributed by atoms with Crippen molar-refractivity contribution < 1.29 is 8.78 Å². The molecule has 3 heterocycles. The molecule has 9 heteroatoms. The molecule has 1 aliphatic heterocycles. The summed E-state index contributed by atoms with van der Waals surface area (Å²) in [7, 11) is 0. The molecule has 2 aliphatic rings. The maximum absolute atomic E-state index is 13.4. The second kappa shape index (κ2) is 8.36. The van der Waals surface area contributed by atoms with Crippen molar-refractivity contribution in [3.05, 3.63) is 35.2 Å². The zero-order valence-corrected chi connectivity index (χ0v) is 16.9. The van der Waals surface area contributed by atoms with Crippen LogP contribution < -0.4 is 11.1 Å². The molecule has 29 heavy (non-hydrogen) atoms. The molecule has 0 radical (unpaired) electrons. The molecule has 1 saturated heterocycles. The summed E-state index contributed by atoms with van der Waals surface area (Å²) in [4.78, 5) is 15.1. The first-order valence-corrected chi connectivity index (χ1v) is 10.4. The van der Waals surface area contributed by atoms with E-state index < -0.39 is 5.92 Å². The van der Waals surface area contributed by atoms with Crippen LogP contribution in [0.2, 0.25) is 5.15 Å². The molecule has 1 aliphatic carbocycles. The van der Waals surface area contributed by atoms with Crippen molar-refractivity contribution in [1.29, 1.82) is 0 Å². The van der Waals surface area contributed by atoms with Gasteiger partial charge in [-0.25, -0.2) is 18.7 Å². The van der Waals surface area contributed by atoms with Gasteiger partial charge in [-0.1, -0.05) is 11.6 Å². The standard InChI is InChI=1S/C20H25ClF2N6/c21-17-11-14(3-8-25-17)27-19-26-12-16(18(24)28-19)13-4-9-29(10-5-13)15-1-6-20(22,23)7-2-15/h3,8,11-13,15H,1-2,4-7,9-10H2,(H3,24,25,26,27,28). The van der Waals surface area contributed by atoms with Crippen LogP contribution in [0, 0.1) is 0 Å². The number of nitrogens with two attached hydrogens (primary N) is 1. The van der Waals surface area contributed by atoms with Gasteiger partial charge < -0.3 is 16.0 Å². The first-order valence-electron chi connectivity index (χ1n) is 10.0. The van der Waals surface area contributed by atoms with Crippen LogP contribution in [-0.4, -0.2) is 44.9 Å². The third kappa shape index (κ3) is 4.93. The summed E-state index contributed by atoms with van der Waals surface area (Å²) in [5.41, 5.74) is 7.91. The average molecular weight is 423 g/mol. The van der Waals surface area contributed by atoms with Gasteiger partial charge in [-0.15, -0.1) is 0 Å². The number of rotatable bonds is 4. The largest absolute Gasteiger partial charge is 0.383 e. The van der Waals surface area contributed by atoms with Crippen LogP contribution in [0.4, 0.5) is 26.2 Å². The lowest BCUT2D eigenvalue weighted by atomic mass is 9.86. The molecule has 0 bridgehead atoms. The molecule has 156 valence electrons. The van der Waals surface area contributed by atoms with E-state index in [2.05, 4.69) is 25.2 Å². The third-order valence-electron chi connectivity index (χ3n) is 6.00. The van der Waals surface area contributed by atoms with E-state index in [1.807, 2.05) is 0 Å². The number of anilines is 3. The minimum absolute atomic E-state index is 0.00946. The maximum Gasteiger partial charge on any atom is 0.248 e. The fraction of sp³-hybridized carbons (Fsp3) is 0.550. The highest BCUT2D eigenvalue weighted by Crippen LogP contribution is 2.38. The van der Waals surface area contributed by atoms with Gasteiger partial charge in [0.2, 0.25) is 11.9 Å². The number of halogens is 3. The number of nitrogen functional groups attached to an aromatic ring is 1. The number of likely N-dealkylation sites (tertiary alicyclic amines) is 1. The van der Waals surface area contributed by atoms with E-state index in [4.69, 9.17) is 17.3 Å². The minimum Gasteiger partial charge on any atom is -0.383 e. The summed E-state index contributed by atoms with van der Waals surface area (Å²) in [6.07, 6.45) is 6.45. The van der Waals surface area contributed by atoms with Crippen molar-refractivity contribution >= 4 is 29.1 Å². The van der Waals surface area contributed by atoms with Crippen molar-refractivity contribution in [2.75, 3.05) is 24.1 Å². The van der Waals surface area contributed by atoms with Gasteiger partial charge in [-0.3, -0.25) is 0 Å². The number of aromatic nitrogens is 3. The van der Waals surface area contributed by atoms with Crippen LogP contribution >= 0.6 is 11.6 Å². The Hall–Kier alpha value is -2.06. The lowest BCUT2D eigenvalue weighted by Gasteiger charge is -2.40. The summed E-state index contributed by atoms with van der Waals surface area (Å²) in [5, 5.41) is 3.46. The first kappa shape index (κ1) is 20.2. The lowest BCUT2D eigenvalue weighted by Crippen LogP contribution is -2.44. The quantitative estimate of drug-likeness (QED) is 0.700. The van der Waals surface area contributed by atoms with Crippen molar-refractivity contribution in [2.24, 2.45) is 0 Å². The van der Waals surface area contributed by atoms with E-state index in [9.17, 15) is 8.78 Å². The fourth-order valence-electron chi connectivity index (χ4n) is 4.35. The summed E-state index contributed by atoms with van der Waals surface area (Å²) in [6, 6.07) is 3.74.